The van der Waals surface area contributed by atoms with Crippen LogP contribution in [0.5, 0.6) is 0 Å². The number of thiophene rings is 1. The van der Waals surface area contributed by atoms with E-state index in [4.69, 9.17) is 0 Å². The van der Waals surface area contributed by atoms with Gasteiger partial charge in [0, 0.05) is 24.4 Å². The van der Waals surface area contributed by atoms with Gasteiger partial charge in [-0.3, -0.25) is 9.59 Å². The Labute approximate surface area is 184 Å². The average molecular weight is 427 g/mol. The molecule has 4 nitrogen and oxygen atoms in total. The van der Waals surface area contributed by atoms with E-state index in [2.05, 4.69) is 56.5 Å². The molecule has 1 aliphatic rings. The Morgan fingerprint density at radius 2 is 1.80 bits per heavy atom. The zero-order valence-corrected chi connectivity index (χ0v) is 19.7. The molecule has 0 saturated carbocycles. The van der Waals surface area contributed by atoms with Gasteiger partial charge in [0.2, 0.25) is 11.8 Å². The molecule has 1 aromatic heterocycles. The Hall–Kier alpha value is -2.14. The highest BCUT2D eigenvalue weighted by Crippen LogP contribution is 2.38. The van der Waals surface area contributed by atoms with E-state index < -0.39 is 0 Å². The molecule has 2 heterocycles. The van der Waals surface area contributed by atoms with E-state index in [1.165, 1.54) is 16.0 Å². The van der Waals surface area contributed by atoms with Crippen molar-refractivity contribution in [1.29, 1.82) is 0 Å². The van der Waals surface area contributed by atoms with Crippen LogP contribution in [0.3, 0.4) is 0 Å². The average Bonchev–Trinajstić information content (AvgIpc) is 3.15. The standard InChI is InChI=1S/C25H34N2O2S/c1-17(2)14-23(28)26(15-18(3)4)16-24(29)27-12-10-22-21(11-13-30-22)25(27)20-8-6-19(5)7-9-20/h6-9,11,13,17-18,25H,10,12,14-16H2,1-5H3/t25-/m0/s1. The molecule has 1 aliphatic heterocycles. The number of amides is 2. The lowest BCUT2D eigenvalue weighted by Gasteiger charge is -2.38. The summed E-state index contributed by atoms with van der Waals surface area (Å²) < 4.78 is 0. The van der Waals surface area contributed by atoms with Crippen LogP contribution in [0.1, 0.15) is 61.7 Å². The van der Waals surface area contributed by atoms with Gasteiger partial charge in [-0.1, -0.05) is 57.5 Å². The molecule has 0 saturated heterocycles. The fourth-order valence-corrected chi connectivity index (χ4v) is 5.02. The first kappa shape index (κ1) is 22.5. The van der Waals surface area contributed by atoms with Crippen molar-refractivity contribution in [3.8, 4) is 0 Å². The van der Waals surface area contributed by atoms with Crippen molar-refractivity contribution in [2.75, 3.05) is 19.6 Å². The van der Waals surface area contributed by atoms with Gasteiger partial charge in [0.05, 0.1) is 12.6 Å². The van der Waals surface area contributed by atoms with Crippen LogP contribution in [0, 0.1) is 18.8 Å². The van der Waals surface area contributed by atoms with Gasteiger partial charge in [-0.25, -0.2) is 0 Å². The second-order valence-electron chi connectivity index (χ2n) is 9.22. The summed E-state index contributed by atoms with van der Waals surface area (Å²) in [5.74, 6) is 0.722. The molecule has 0 aliphatic carbocycles. The molecule has 30 heavy (non-hydrogen) atoms. The van der Waals surface area contributed by atoms with Crippen LogP contribution in [-0.2, 0) is 16.0 Å². The van der Waals surface area contributed by atoms with Crippen molar-refractivity contribution in [3.63, 3.8) is 0 Å². The molecule has 0 bridgehead atoms. The number of hydrogen-bond donors (Lipinski definition) is 0. The molecule has 1 atom stereocenters. The maximum atomic E-state index is 13.5. The summed E-state index contributed by atoms with van der Waals surface area (Å²) in [6, 6.07) is 10.5. The van der Waals surface area contributed by atoms with Crippen LogP contribution < -0.4 is 0 Å². The minimum Gasteiger partial charge on any atom is -0.333 e. The minimum atomic E-state index is -0.0748. The number of rotatable bonds is 7. The molecule has 1 aromatic carbocycles. The van der Waals surface area contributed by atoms with Crippen molar-refractivity contribution in [3.05, 3.63) is 57.3 Å². The summed E-state index contributed by atoms with van der Waals surface area (Å²) in [5, 5.41) is 2.12. The second kappa shape index (κ2) is 9.78. The highest BCUT2D eigenvalue weighted by atomic mass is 32.1. The summed E-state index contributed by atoms with van der Waals surface area (Å²) in [4.78, 5) is 31.4. The molecule has 0 spiro atoms. The fourth-order valence-electron chi connectivity index (χ4n) is 4.12. The van der Waals surface area contributed by atoms with E-state index in [1.54, 1.807) is 16.2 Å². The van der Waals surface area contributed by atoms with E-state index in [1.807, 2.05) is 18.7 Å². The summed E-state index contributed by atoms with van der Waals surface area (Å²) in [5.41, 5.74) is 3.57. The van der Waals surface area contributed by atoms with E-state index in [-0.39, 0.29) is 30.3 Å². The van der Waals surface area contributed by atoms with Gasteiger partial charge in [-0.05, 0) is 47.8 Å². The van der Waals surface area contributed by atoms with Gasteiger partial charge in [0.15, 0.2) is 0 Å². The predicted octanol–water partition coefficient (Wildman–Crippen LogP) is 5.06. The number of fused-ring (bicyclic) bond motifs is 1. The van der Waals surface area contributed by atoms with Gasteiger partial charge >= 0.3 is 0 Å². The molecule has 162 valence electrons. The minimum absolute atomic E-state index is 0.0372. The van der Waals surface area contributed by atoms with Crippen molar-refractivity contribution < 1.29 is 9.59 Å². The lowest BCUT2D eigenvalue weighted by Crippen LogP contribution is -2.47. The summed E-state index contributed by atoms with van der Waals surface area (Å²) in [7, 11) is 0. The van der Waals surface area contributed by atoms with Crippen LogP contribution >= 0.6 is 11.3 Å². The van der Waals surface area contributed by atoms with E-state index in [0.29, 0.717) is 25.4 Å². The quantitative estimate of drug-likeness (QED) is 0.621. The lowest BCUT2D eigenvalue weighted by molar-refractivity contribution is -0.142. The molecular weight excluding hydrogens is 392 g/mol. The Morgan fingerprint density at radius 1 is 1.10 bits per heavy atom. The maximum Gasteiger partial charge on any atom is 0.242 e. The largest absolute Gasteiger partial charge is 0.333 e. The second-order valence-corrected chi connectivity index (χ2v) is 10.2. The van der Waals surface area contributed by atoms with E-state index >= 15 is 0 Å². The third-order valence-electron chi connectivity index (χ3n) is 5.53. The molecule has 0 radical (unpaired) electrons. The Balaban J connectivity index is 1.86. The molecular formula is C25H34N2O2S. The molecule has 3 rings (SSSR count). The third-order valence-corrected chi connectivity index (χ3v) is 6.52. The van der Waals surface area contributed by atoms with Crippen LogP contribution in [0.25, 0.3) is 0 Å². The third kappa shape index (κ3) is 5.31. The number of nitrogens with zero attached hydrogens (tertiary/aromatic N) is 2. The first-order valence-corrected chi connectivity index (χ1v) is 11.8. The first-order chi connectivity index (χ1) is 14.3. The highest BCUT2D eigenvalue weighted by molar-refractivity contribution is 7.10. The van der Waals surface area contributed by atoms with Crippen molar-refractivity contribution in [1.82, 2.24) is 9.80 Å². The Morgan fingerprint density at radius 3 is 2.43 bits per heavy atom. The van der Waals surface area contributed by atoms with Gasteiger partial charge in [-0.2, -0.15) is 0 Å². The summed E-state index contributed by atoms with van der Waals surface area (Å²) >= 11 is 1.77. The molecule has 0 fully saturated rings. The first-order valence-electron chi connectivity index (χ1n) is 11.0. The Bertz CT molecular complexity index is 870. The number of carbonyl (C=O) groups is 2. The Kier molecular flexibility index (Phi) is 7.35. The molecule has 0 N–H and O–H groups in total. The normalized spacial score (nSPS) is 16.1. The maximum absolute atomic E-state index is 13.5. The summed E-state index contributed by atoms with van der Waals surface area (Å²) in [6.07, 6.45) is 1.36. The monoisotopic (exact) mass is 426 g/mol. The molecule has 0 unspecified atom stereocenters. The van der Waals surface area contributed by atoms with E-state index in [9.17, 15) is 9.59 Å². The molecule has 2 aromatic rings. The van der Waals surface area contributed by atoms with Gasteiger partial charge in [0.25, 0.3) is 0 Å². The van der Waals surface area contributed by atoms with Crippen LogP contribution in [0.2, 0.25) is 0 Å². The summed E-state index contributed by atoms with van der Waals surface area (Å²) in [6.45, 7) is 11.8. The van der Waals surface area contributed by atoms with Crippen molar-refractivity contribution in [2.24, 2.45) is 11.8 Å². The lowest BCUT2D eigenvalue weighted by atomic mass is 9.92. The van der Waals surface area contributed by atoms with Crippen molar-refractivity contribution >= 4 is 23.2 Å². The smallest absolute Gasteiger partial charge is 0.242 e. The van der Waals surface area contributed by atoms with Gasteiger partial charge < -0.3 is 9.80 Å². The fraction of sp³-hybridized carbons (Fsp3) is 0.520. The van der Waals surface area contributed by atoms with Crippen LogP contribution in [0.15, 0.2) is 35.7 Å². The zero-order chi connectivity index (χ0) is 21.8. The SMILES string of the molecule is Cc1ccc([C@H]2c3ccsc3CCN2C(=O)CN(CC(C)C)C(=O)CC(C)C)cc1. The van der Waals surface area contributed by atoms with Gasteiger partial charge in [-0.15, -0.1) is 11.3 Å². The van der Waals surface area contributed by atoms with E-state index in [0.717, 1.165) is 12.0 Å². The zero-order valence-electron chi connectivity index (χ0n) is 18.9. The highest BCUT2D eigenvalue weighted by Gasteiger charge is 2.34. The number of benzene rings is 1. The van der Waals surface area contributed by atoms with Crippen LogP contribution in [0.4, 0.5) is 0 Å². The topological polar surface area (TPSA) is 40.6 Å². The van der Waals surface area contributed by atoms with Gasteiger partial charge in [0.1, 0.15) is 0 Å². The number of carbonyl (C=O) groups excluding carboxylic acids is 2. The number of hydrogen-bond acceptors (Lipinski definition) is 3. The predicted molar refractivity (Wildman–Crippen MR) is 124 cm³/mol. The number of aryl methyl sites for hydroxylation is 1. The van der Waals surface area contributed by atoms with Crippen LogP contribution in [-0.4, -0.2) is 41.2 Å². The molecule has 5 heteroatoms. The molecule has 2 amide bonds. The van der Waals surface area contributed by atoms with Crippen molar-refractivity contribution in [2.45, 2.75) is 53.5 Å².